The van der Waals surface area contributed by atoms with Gasteiger partial charge in [0.15, 0.2) is 0 Å². The lowest BCUT2D eigenvalue weighted by Gasteiger charge is -2.28. The van der Waals surface area contributed by atoms with Crippen LogP contribution in [0.25, 0.3) is 17.5 Å². The molecule has 33 heavy (non-hydrogen) atoms. The van der Waals surface area contributed by atoms with Gasteiger partial charge in [0.25, 0.3) is 0 Å². The molecule has 0 aliphatic carbocycles. The van der Waals surface area contributed by atoms with E-state index in [1.807, 2.05) is 35.2 Å². The van der Waals surface area contributed by atoms with E-state index in [1.54, 1.807) is 24.4 Å². The highest BCUT2D eigenvalue weighted by atomic mass is 19.1. The largest absolute Gasteiger partial charge is 0.354 e. The fourth-order valence-corrected chi connectivity index (χ4v) is 4.56. The maximum atomic E-state index is 13.7. The van der Waals surface area contributed by atoms with Gasteiger partial charge in [0.2, 0.25) is 0 Å². The van der Waals surface area contributed by atoms with Gasteiger partial charge in [0.1, 0.15) is 23.3 Å². The number of benzene rings is 1. The first-order valence-corrected chi connectivity index (χ1v) is 11.4. The number of H-pyrrole nitrogens is 1. The average Bonchev–Trinajstić information content (AvgIpc) is 3.53. The minimum Gasteiger partial charge on any atom is -0.354 e. The van der Waals surface area contributed by atoms with Crippen LogP contribution in [0.1, 0.15) is 30.3 Å². The van der Waals surface area contributed by atoms with Crippen LogP contribution >= 0.6 is 0 Å². The first kappa shape index (κ1) is 21.3. The smallest absolute Gasteiger partial charge is 0.130 e. The Bertz CT molecular complexity index is 1150. The lowest BCUT2D eigenvalue weighted by molar-refractivity contribution is 0.399. The lowest BCUT2D eigenvalue weighted by atomic mass is 10.0. The number of amidine groups is 1. The number of imidazole rings is 1. The standard InChI is InChI=1S/C25H28FN7/c26-19-5-1-4-18(16-19)22-7-3-13-33(22)23(27)9-10-24-29-17-21(30-24)20-6-2-8-25(31-20)32-14-11-28-12-15-32/h1-2,4-6,8-10,16-17,22,27-28H,3,7,11-15H2,(H,29,30)/b10-9-,27-23?. The highest BCUT2D eigenvalue weighted by Gasteiger charge is 2.27. The molecular formula is C25H28FN7. The number of anilines is 1. The Morgan fingerprint density at radius 2 is 1.97 bits per heavy atom. The Hall–Kier alpha value is -3.52. The molecule has 2 aliphatic heterocycles. The molecule has 0 amide bonds. The summed E-state index contributed by atoms with van der Waals surface area (Å²) in [6.45, 7) is 4.61. The molecule has 3 aromatic rings. The van der Waals surface area contributed by atoms with Gasteiger partial charge in [-0.1, -0.05) is 18.2 Å². The van der Waals surface area contributed by atoms with E-state index < -0.39 is 0 Å². The zero-order valence-corrected chi connectivity index (χ0v) is 18.5. The number of pyridine rings is 1. The summed E-state index contributed by atoms with van der Waals surface area (Å²) in [6, 6.07) is 12.8. The number of rotatable bonds is 5. The van der Waals surface area contributed by atoms with Crippen molar-refractivity contribution in [2.45, 2.75) is 18.9 Å². The van der Waals surface area contributed by atoms with Gasteiger partial charge in [-0.3, -0.25) is 5.41 Å². The molecule has 0 saturated carbocycles. The molecule has 7 nitrogen and oxygen atoms in total. The van der Waals surface area contributed by atoms with E-state index in [0.717, 1.165) is 68.3 Å². The van der Waals surface area contributed by atoms with Crippen LogP contribution in [-0.2, 0) is 0 Å². The van der Waals surface area contributed by atoms with E-state index in [9.17, 15) is 4.39 Å². The summed E-state index contributed by atoms with van der Waals surface area (Å²) in [7, 11) is 0. The number of hydrogen-bond donors (Lipinski definition) is 3. The molecule has 1 unspecified atom stereocenters. The van der Waals surface area contributed by atoms with Crippen molar-refractivity contribution >= 4 is 17.7 Å². The molecule has 1 atom stereocenters. The lowest BCUT2D eigenvalue weighted by Crippen LogP contribution is -2.43. The van der Waals surface area contributed by atoms with E-state index in [0.29, 0.717) is 11.7 Å². The fourth-order valence-electron chi connectivity index (χ4n) is 4.56. The maximum Gasteiger partial charge on any atom is 0.130 e. The molecule has 2 aromatic heterocycles. The third-order valence-electron chi connectivity index (χ3n) is 6.24. The minimum atomic E-state index is -0.237. The molecule has 0 radical (unpaired) electrons. The first-order valence-electron chi connectivity index (χ1n) is 11.4. The van der Waals surface area contributed by atoms with Crippen molar-refractivity contribution < 1.29 is 4.39 Å². The van der Waals surface area contributed by atoms with E-state index in [1.165, 1.54) is 6.07 Å². The van der Waals surface area contributed by atoms with Gasteiger partial charge >= 0.3 is 0 Å². The summed E-state index contributed by atoms with van der Waals surface area (Å²) in [5.41, 5.74) is 2.61. The summed E-state index contributed by atoms with van der Waals surface area (Å²) in [5.74, 6) is 1.81. The van der Waals surface area contributed by atoms with E-state index in [4.69, 9.17) is 10.4 Å². The third-order valence-corrected chi connectivity index (χ3v) is 6.24. The van der Waals surface area contributed by atoms with Crippen molar-refractivity contribution in [1.82, 2.24) is 25.2 Å². The molecule has 5 rings (SSSR count). The number of piperazine rings is 1. The monoisotopic (exact) mass is 445 g/mol. The molecule has 1 aromatic carbocycles. The Balaban J connectivity index is 1.28. The number of hydrogen-bond acceptors (Lipinski definition) is 5. The zero-order chi connectivity index (χ0) is 22.6. The highest BCUT2D eigenvalue weighted by Crippen LogP contribution is 2.32. The molecule has 3 N–H and O–H groups in total. The van der Waals surface area contributed by atoms with Gasteiger partial charge in [-0.05, 0) is 54.8 Å². The molecular weight excluding hydrogens is 417 g/mol. The van der Waals surface area contributed by atoms with Crippen molar-refractivity contribution in [3.05, 3.63) is 71.9 Å². The summed E-state index contributed by atoms with van der Waals surface area (Å²) in [5, 5.41) is 11.9. The Labute approximate surface area is 192 Å². The Kier molecular flexibility index (Phi) is 6.17. The summed E-state index contributed by atoms with van der Waals surface area (Å²) < 4.78 is 13.7. The van der Waals surface area contributed by atoms with Crippen LogP contribution < -0.4 is 10.2 Å². The number of aromatic nitrogens is 3. The number of likely N-dealkylation sites (tertiary alicyclic amines) is 1. The van der Waals surface area contributed by atoms with Gasteiger partial charge in [0, 0.05) is 32.7 Å². The van der Waals surface area contributed by atoms with Crippen LogP contribution in [0.3, 0.4) is 0 Å². The van der Waals surface area contributed by atoms with E-state index >= 15 is 0 Å². The van der Waals surface area contributed by atoms with Gasteiger partial charge in [-0.2, -0.15) is 0 Å². The van der Waals surface area contributed by atoms with Gasteiger partial charge in [-0.15, -0.1) is 0 Å². The predicted molar refractivity (Wildman–Crippen MR) is 129 cm³/mol. The Morgan fingerprint density at radius 1 is 1.12 bits per heavy atom. The van der Waals surface area contributed by atoms with Gasteiger partial charge < -0.3 is 20.1 Å². The molecule has 8 heteroatoms. The predicted octanol–water partition coefficient (Wildman–Crippen LogP) is 3.85. The third kappa shape index (κ3) is 4.80. The maximum absolute atomic E-state index is 13.7. The minimum absolute atomic E-state index is 0.0296. The van der Waals surface area contributed by atoms with Crippen molar-refractivity contribution in [3.8, 4) is 11.4 Å². The molecule has 170 valence electrons. The van der Waals surface area contributed by atoms with Crippen LogP contribution in [0.5, 0.6) is 0 Å². The first-order chi connectivity index (χ1) is 16.2. The molecule has 4 heterocycles. The number of aromatic amines is 1. The van der Waals surface area contributed by atoms with E-state index in [-0.39, 0.29) is 11.9 Å². The summed E-state index contributed by atoms with van der Waals surface area (Å²) in [6.07, 6.45) is 7.24. The average molecular weight is 446 g/mol. The second-order valence-corrected chi connectivity index (χ2v) is 8.43. The van der Waals surface area contributed by atoms with Crippen LogP contribution in [0.15, 0.2) is 54.7 Å². The molecule has 0 bridgehead atoms. The van der Waals surface area contributed by atoms with Crippen LogP contribution in [0, 0.1) is 11.2 Å². The van der Waals surface area contributed by atoms with Crippen molar-refractivity contribution in [3.63, 3.8) is 0 Å². The second-order valence-electron chi connectivity index (χ2n) is 8.43. The SMILES string of the molecule is N=C(/C=C\c1ncc(-c2cccc(N3CCNCC3)n2)[nH]1)N1CCCC1c1cccc(F)c1. The Morgan fingerprint density at radius 3 is 2.82 bits per heavy atom. The van der Waals surface area contributed by atoms with Crippen molar-refractivity contribution in [2.75, 3.05) is 37.6 Å². The number of halogens is 1. The van der Waals surface area contributed by atoms with Gasteiger partial charge in [0.05, 0.1) is 23.6 Å². The van der Waals surface area contributed by atoms with Crippen LogP contribution in [0.4, 0.5) is 10.2 Å². The second kappa shape index (κ2) is 9.54. The zero-order valence-electron chi connectivity index (χ0n) is 18.5. The van der Waals surface area contributed by atoms with Crippen molar-refractivity contribution in [1.29, 1.82) is 5.41 Å². The number of nitrogens with zero attached hydrogens (tertiary/aromatic N) is 4. The van der Waals surface area contributed by atoms with Gasteiger partial charge in [-0.25, -0.2) is 14.4 Å². The molecule has 2 saturated heterocycles. The quantitative estimate of drug-likeness (QED) is 0.410. The van der Waals surface area contributed by atoms with E-state index in [2.05, 4.69) is 20.2 Å². The van der Waals surface area contributed by atoms with Crippen LogP contribution in [-0.4, -0.2) is 58.4 Å². The van der Waals surface area contributed by atoms with Crippen molar-refractivity contribution in [2.24, 2.45) is 0 Å². The number of nitrogens with one attached hydrogen (secondary N) is 3. The normalized spacial score (nSPS) is 18.9. The fraction of sp³-hybridized carbons (Fsp3) is 0.320. The topological polar surface area (TPSA) is 83.9 Å². The summed E-state index contributed by atoms with van der Waals surface area (Å²) >= 11 is 0. The molecule has 2 aliphatic rings. The highest BCUT2D eigenvalue weighted by molar-refractivity contribution is 5.94. The summed E-state index contributed by atoms with van der Waals surface area (Å²) in [4.78, 5) is 16.9. The van der Waals surface area contributed by atoms with Crippen LogP contribution in [0.2, 0.25) is 0 Å². The molecule has 2 fully saturated rings. The molecule has 0 spiro atoms.